The molecular weight excluding hydrogens is 252 g/mol. The molecule has 0 N–H and O–H groups in total. The highest BCUT2D eigenvalue weighted by Crippen LogP contribution is 2.23. The first-order valence-corrected chi connectivity index (χ1v) is 5.93. The Hall–Kier alpha value is -1.09. The number of halogens is 1. The van der Waals surface area contributed by atoms with E-state index in [1.165, 1.54) is 11.8 Å². The minimum Gasteiger partial charge on any atom is -0.356 e. The third-order valence-corrected chi connectivity index (χ3v) is 3.31. The second-order valence-electron chi connectivity index (χ2n) is 3.85. The van der Waals surface area contributed by atoms with Crippen molar-refractivity contribution in [1.29, 1.82) is 0 Å². The molecule has 1 fully saturated rings. The summed E-state index contributed by atoms with van der Waals surface area (Å²) in [5.74, 6) is 1.10. The fourth-order valence-electron chi connectivity index (χ4n) is 1.80. The molecule has 2 nitrogen and oxygen atoms in total. The van der Waals surface area contributed by atoms with Crippen molar-refractivity contribution in [3.8, 4) is 0 Å². The number of anilines is 1. The van der Waals surface area contributed by atoms with E-state index in [1.807, 2.05) is 6.07 Å². The van der Waals surface area contributed by atoms with Gasteiger partial charge in [-0.05, 0) is 30.7 Å². The van der Waals surface area contributed by atoms with Gasteiger partial charge >= 0.3 is 0 Å². The van der Waals surface area contributed by atoms with Gasteiger partial charge < -0.3 is 4.90 Å². The van der Waals surface area contributed by atoms with Gasteiger partial charge in [0, 0.05) is 22.9 Å². The lowest BCUT2D eigenvalue weighted by molar-refractivity contribution is 0.611. The number of nitrogens with zero attached hydrogens (tertiary/aromatic N) is 2. The number of aromatic nitrogens is 1. The number of benzene rings is 1. The van der Waals surface area contributed by atoms with Crippen molar-refractivity contribution in [2.24, 2.45) is 0 Å². The van der Waals surface area contributed by atoms with Gasteiger partial charge in [-0.2, -0.15) is 0 Å². The van der Waals surface area contributed by atoms with Crippen molar-refractivity contribution in [3.05, 3.63) is 34.8 Å². The zero-order chi connectivity index (χ0) is 10.3. The van der Waals surface area contributed by atoms with Gasteiger partial charge in [0.1, 0.15) is 5.82 Å². The highest BCUT2D eigenvalue weighted by molar-refractivity contribution is 9.10. The fourth-order valence-corrected chi connectivity index (χ4v) is 2.15. The molecule has 0 aliphatic carbocycles. The van der Waals surface area contributed by atoms with E-state index in [0.717, 1.165) is 28.9 Å². The summed E-state index contributed by atoms with van der Waals surface area (Å²) in [4.78, 5) is 6.96. The van der Waals surface area contributed by atoms with Crippen LogP contribution in [0.4, 0.5) is 5.82 Å². The van der Waals surface area contributed by atoms with E-state index in [4.69, 9.17) is 0 Å². The molecule has 0 bridgehead atoms. The van der Waals surface area contributed by atoms with Crippen molar-refractivity contribution in [3.63, 3.8) is 0 Å². The molecule has 15 heavy (non-hydrogen) atoms. The van der Waals surface area contributed by atoms with Crippen LogP contribution in [-0.2, 0) is 0 Å². The number of rotatable bonds is 1. The van der Waals surface area contributed by atoms with Crippen LogP contribution >= 0.6 is 15.9 Å². The minimum absolute atomic E-state index is 1.06. The van der Waals surface area contributed by atoms with Gasteiger partial charge in [-0.25, -0.2) is 4.98 Å². The monoisotopic (exact) mass is 262 g/mol. The lowest BCUT2D eigenvalue weighted by atomic mass is 10.2. The molecule has 0 saturated carbocycles. The predicted octanol–water partition coefficient (Wildman–Crippen LogP) is 3.21. The first kappa shape index (κ1) is 9.16. The van der Waals surface area contributed by atoms with E-state index < -0.39 is 0 Å². The van der Waals surface area contributed by atoms with Gasteiger partial charge in [-0.1, -0.05) is 22.0 Å². The molecule has 1 aromatic carbocycles. The molecule has 3 rings (SSSR count). The smallest absolute Gasteiger partial charge is 0.129 e. The molecule has 2 aromatic rings. The van der Waals surface area contributed by atoms with Gasteiger partial charge in [0.15, 0.2) is 0 Å². The molecule has 1 aliphatic heterocycles. The summed E-state index contributed by atoms with van der Waals surface area (Å²) >= 11 is 3.47. The number of pyridine rings is 1. The van der Waals surface area contributed by atoms with Gasteiger partial charge in [0.25, 0.3) is 0 Å². The van der Waals surface area contributed by atoms with E-state index in [1.54, 1.807) is 0 Å². The number of hydrogen-bond acceptors (Lipinski definition) is 2. The summed E-state index contributed by atoms with van der Waals surface area (Å²) in [7, 11) is 0. The molecule has 1 aromatic heterocycles. The Balaban J connectivity index is 2.11. The van der Waals surface area contributed by atoms with Gasteiger partial charge in [-0.15, -0.1) is 0 Å². The second kappa shape index (κ2) is 3.49. The predicted molar refractivity (Wildman–Crippen MR) is 66.3 cm³/mol. The van der Waals surface area contributed by atoms with E-state index in [9.17, 15) is 0 Å². The maximum atomic E-state index is 4.65. The third-order valence-electron chi connectivity index (χ3n) is 2.82. The Kier molecular flexibility index (Phi) is 2.13. The molecular formula is C12H11BrN2. The number of hydrogen-bond donors (Lipinski definition) is 0. The summed E-state index contributed by atoms with van der Waals surface area (Å²) < 4.78 is 1.09. The highest BCUT2D eigenvalue weighted by atomic mass is 79.9. The van der Waals surface area contributed by atoms with Crippen molar-refractivity contribution < 1.29 is 0 Å². The van der Waals surface area contributed by atoms with Gasteiger partial charge in [-0.3, -0.25) is 0 Å². The van der Waals surface area contributed by atoms with Crippen molar-refractivity contribution in [2.75, 3.05) is 18.0 Å². The van der Waals surface area contributed by atoms with Gasteiger partial charge in [0.05, 0.1) is 5.52 Å². The van der Waals surface area contributed by atoms with Crippen LogP contribution in [0.25, 0.3) is 10.9 Å². The average molecular weight is 263 g/mol. The highest BCUT2D eigenvalue weighted by Gasteiger charge is 2.15. The van der Waals surface area contributed by atoms with Gasteiger partial charge in [0.2, 0.25) is 0 Å². The lowest BCUT2D eigenvalue weighted by Gasteiger charge is -2.32. The van der Waals surface area contributed by atoms with Crippen LogP contribution in [-0.4, -0.2) is 18.1 Å². The third kappa shape index (κ3) is 1.61. The Bertz CT molecular complexity index is 506. The summed E-state index contributed by atoms with van der Waals surface area (Å²) in [5.41, 5.74) is 1.06. The summed E-state index contributed by atoms with van der Waals surface area (Å²) in [6.07, 6.45) is 1.29. The van der Waals surface area contributed by atoms with Crippen LogP contribution in [0.5, 0.6) is 0 Å². The molecule has 1 aliphatic rings. The second-order valence-corrected chi connectivity index (χ2v) is 4.76. The van der Waals surface area contributed by atoms with Crippen LogP contribution in [0, 0.1) is 0 Å². The summed E-state index contributed by atoms with van der Waals surface area (Å²) in [6, 6.07) is 10.5. The molecule has 0 spiro atoms. The standard InChI is InChI=1S/C12H11BrN2/c13-10-4-2-9-3-5-12(14-11(9)8-10)15-6-1-7-15/h2-5,8H,1,6-7H2. The van der Waals surface area contributed by atoms with E-state index >= 15 is 0 Å². The van der Waals surface area contributed by atoms with Crippen LogP contribution in [0.3, 0.4) is 0 Å². The van der Waals surface area contributed by atoms with E-state index in [-0.39, 0.29) is 0 Å². The Labute approximate surface area is 97.0 Å². The maximum Gasteiger partial charge on any atom is 0.129 e. The Morgan fingerprint density at radius 1 is 1.13 bits per heavy atom. The van der Waals surface area contributed by atoms with Crippen molar-refractivity contribution in [1.82, 2.24) is 4.98 Å². The molecule has 0 amide bonds. The maximum absolute atomic E-state index is 4.65. The molecule has 1 saturated heterocycles. The zero-order valence-electron chi connectivity index (χ0n) is 8.28. The van der Waals surface area contributed by atoms with Crippen LogP contribution in [0.1, 0.15) is 6.42 Å². The largest absolute Gasteiger partial charge is 0.356 e. The minimum atomic E-state index is 1.06. The lowest BCUT2D eigenvalue weighted by Crippen LogP contribution is -2.37. The first-order chi connectivity index (χ1) is 7.33. The normalized spacial score (nSPS) is 15.4. The summed E-state index contributed by atoms with van der Waals surface area (Å²) in [5, 5.41) is 1.20. The topological polar surface area (TPSA) is 16.1 Å². The van der Waals surface area contributed by atoms with E-state index in [2.05, 4.69) is 50.1 Å². The SMILES string of the molecule is Brc1ccc2ccc(N3CCC3)nc2c1. The molecule has 0 atom stereocenters. The number of fused-ring (bicyclic) bond motifs is 1. The summed E-state index contributed by atoms with van der Waals surface area (Å²) in [6.45, 7) is 2.29. The van der Waals surface area contributed by atoms with Crippen LogP contribution in [0.2, 0.25) is 0 Å². The fraction of sp³-hybridized carbons (Fsp3) is 0.250. The van der Waals surface area contributed by atoms with Crippen LogP contribution in [0.15, 0.2) is 34.8 Å². The average Bonchev–Trinajstić information content (AvgIpc) is 2.14. The molecule has 0 unspecified atom stereocenters. The van der Waals surface area contributed by atoms with E-state index in [0.29, 0.717) is 0 Å². The quantitative estimate of drug-likeness (QED) is 0.785. The molecule has 3 heteroatoms. The van der Waals surface area contributed by atoms with Crippen molar-refractivity contribution in [2.45, 2.75) is 6.42 Å². The van der Waals surface area contributed by atoms with Crippen molar-refractivity contribution >= 4 is 32.7 Å². The first-order valence-electron chi connectivity index (χ1n) is 5.14. The zero-order valence-corrected chi connectivity index (χ0v) is 9.87. The molecule has 76 valence electrons. The Morgan fingerprint density at radius 2 is 1.93 bits per heavy atom. The van der Waals surface area contributed by atoms with Crippen LogP contribution < -0.4 is 4.90 Å². The molecule has 0 radical (unpaired) electrons. The molecule has 2 heterocycles. The Morgan fingerprint density at radius 3 is 2.67 bits per heavy atom.